The number of nitrogens with two attached hydrogens (primary N) is 1. The first-order valence-electron chi connectivity index (χ1n) is 3.90. The molecule has 1 saturated heterocycles. The monoisotopic (exact) mass is 182 g/mol. The van der Waals surface area contributed by atoms with Crippen LogP contribution in [0.1, 0.15) is 6.42 Å². The van der Waals surface area contributed by atoms with E-state index in [1.807, 2.05) is 0 Å². The van der Waals surface area contributed by atoms with E-state index in [0.29, 0.717) is 6.54 Å². The van der Waals surface area contributed by atoms with E-state index < -0.39 is 12.1 Å². The minimum atomic E-state index is -4.09. The molecule has 0 aromatic carbocycles. The van der Waals surface area contributed by atoms with Crippen molar-refractivity contribution in [2.75, 3.05) is 20.1 Å². The van der Waals surface area contributed by atoms with E-state index in [0.717, 1.165) is 0 Å². The molecule has 2 nitrogen and oxygen atoms in total. The second-order valence-electron chi connectivity index (χ2n) is 3.46. The molecule has 0 aromatic heterocycles. The summed E-state index contributed by atoms with van der Waals surface area (Å²) in [6.45, 7) is 0.643. The Morgan fingerprint density at radius 1 is 1.33 bits per heavy atom. The van der Waals surface area contributed by atoms with Gasteiger partial charge < -0.3 is 10.6 Å². The van der Waals surface area contributed by atoms with Gasteiger partial charge in [0.1, 0.15) is 0 Å². The molecule has 0 radical (unpaired) electrons. The molecule has 72 valence electrons. The van der Waals surface area contributed by atoms with Gasteiger partial charge in [-0.25, -0.2) is 0 Å². The Kier molecular flexibility index (Phi) is 2.63. The number of halogens is 3. The summed E-state index contributed by atoms with van der Waals surface area (Å²) in [5.41, 5.74) is 5.47. The van der Waals surface area contributed by atoms with E-state index in [4.69, 9.17) is 5.73 Å². The van der Waals surface area contributed by atoms with E-state index >= 15 is 0 Å². The first-order chi connectivity index (χ1) is 5.39. The number of likely N-dealkylation sites (tertiary alicyclic amines) is 1. The van der Waals surface area contributed by atoms with Crippen LogP contribution in [0.4, 0.5) is 13.2 Å². The Balaban J connectivity index is 2.55. The molecular weight excluding hydrogens is 169 g/mol. The van der Waals surface area contributed by atoms with Gasteiger partial charge in [-0.15, -0.1) is 0 Å². The van der Waals surface area contributed by atoms with Crippen LogP contribution < -0.4 is 5.73 Å². The molecule has 0 amide bonds. The molecule has 1 fully saturated rings. The van der Waals surface area contributed by atoms with Crippen molar-refractivity contribution in [2.24, 2.45) is 11.7 Å². The summed E-state index contributed by atoms with van der Waals surface area (Å²) in [6, 6.07) is -0.338. The van der Waals surface area contributed by atoms with Crippen LogP contribution in [-0.2, 0) is 0 Å². The fourth-order valence-corrected chi connectivity index (χ4v) is 1.60. The number of hydrogen-bond donors (Lipinski definition) is 1. The first-order valence-corrected chi connectivity index (χ1v) is 3.90. The van der Waals surface area contributed by atoms with Crippen LogP contribution in [0.15, 0.2) is 0 Å². The van der Waals surface area contributed by atoms with Gasteiger partial charge in [0.2, 0.25) is 0 Å². The molecule has 1 heterocycles. The van der Waals surface area contributed by atoms with Crippen molar-refractivity contribution in [3.8, 4) is 0 Å². The van der Waals surface area contributed by atoms with Crippen LogP contribution in [0.25, 0.3) is 0 Å². The highest BCUT2D eigenvalue weighted by Gasteiger charge is 2.42. The summed E-state index contributed by atoms with van der Waals surface area (Å²) in [4.78, 5) is 1.63. The van der Waals surface area contributed by atoms with Gasteiger partial charge in [0.15, 0.2) is 0 Å². The summed E-state index contributed by atoms with van der Waals surface area (Å²) < 4.78 is 36.6. The lowest BCUT2D eigenvalue weighted by Gasteiger charge is -2.34. The van der Waals surface area contributed by atoms with Crippen LogP contribution >= 0.6 is 0 Å². The molecule has 2 atom stereocenters. The first kappa shape index (κ1) is 9.80. The predicted molar refractivity (Wildman–Crippen MR) is 39.6 cm³/mol. The third-order valence-corrected chi connectivity index (χ3v) is 2.13. The van der Waals surface area contributed by atoms with Crippen molar-refractivity contribution < 1.29 is 13.2 Å². The molecule has 5 heteroatoms. The van der Waals surface area contributed by atoms with Crippen molar-refractivity contribution in [3.63, 3.8) is 0 Å². The quantitative estimate of drug-likeness (QED) is 0.601. The highest BCUT2D eigenvalue weighted by Crippen LogP contribution is 2.32. The highest BCUT2D eigenvalue weighted by atomic mass is 19.4. The van der Waals surface area contributed by atoms with Crippen molar-refractivity contribution in [3.05, 3.63) is 0 Å². The van der Waals surface area contributed by atoms with E-state index in [1.165, 1.54) is 0 Å². The fourth-order valence-electron chi connectivity index (χ4n) is 1.60. The number of alkyl halides is 3. The Labute approximate surface area is 69.5 Å². The molecule has 12 heavy (non-hydrogen) atoms. The molecule has 0 aromatic rings. The third-order valence-electron chi connectivity index (χ3n) is 2.13. The smallest absolute Gasteiger partial charge is 0.327 e. The minimum Gasteiger partial charge on any atom is -0.327 e. The lowest BCUT2D eigenvalue weighted by atomic mass is 9.95. The van der Waals surface area contributed by atoms with Gasteiger partial charge in [-0.2, -0.15) is 13.2 Å². The van der Waals surface area contributed by atoms with Crippen LogP contribution in [0.2, 0.25) is 0 Å². The molecule has 1 aliphatic rings. The summed E-state index contributed by atoms with van der Waals surface area (Å²) in [5.74, 6) is -1.24. The lowest BCUT2D eigenvalue weighted by Crippen LogP contribution is -2.49. The average Bonchev–Trinajstić information content (AvgIpc) is 1.82. The van der Waals surface area contributed by atoms with E-state index in [1.54, 1.807) is 11.9 Å². The van der Waals surface area contributed by atoms with Gasteiger partial charge in [-0.3, -0.25) is 0 Å². The average molecular weight is 182 g/mol. The maximum Gasteiger partial charge on any atom is 0.393 e. The highest BCUT2D eigenvalue weighted by molar-refractivity contribution is 4.83. The maximum atomic E-state index is 12.2. The van der Waals surface area contributed by atoms with Crippen LogP contribution in [0, 0.1) is 5.92 Å². The summed E-state index contributed by atoms with van der Waals surface area (Å²) in [5, 5.41) is 0. The Bertz CT molecular complexity index is 147. The molecule has 0 aliphatic carbocycles. The molecule has 1 rings (SSSR count). The Morgan fingerprint density at radius 3 is 2.33 bits per heavy atom. The minimum absolute atomic E-state index is 0.0633. The number of rotatable bonds is 0. The summed E-state index contributed by atoms with van der Waals surface area (Å²) >= 11 is 0. The van der Waals surface area contributed by atoms with E-state index in [2.05, 4.69) is 0 Å². The van der Waals surface area contributed by atoms with Crippen LogP contribution in [0.3, 0.4) is 0 Å². The molecule has 2 N–H and O–H groups in total. The lowest BCUT2D eigenvalue weighted by molar-refractivity contribution is -0.186. The molecule has 0 spiro atoms. The molecule has 0 unspecified atom stereocenters. The van der Waals surface area contributed by atoms with Gasteiger partial charge in [-0.05, 0) is 13.5 Å². The Hall–Kier alpha value is -0.290. The topological polar surface area (TPSA) is 29.3 Å². The van der Waals surface area contributed by atoms with Gasteiger partial charge in [0, 0.05) is 19.1 Å². The van der Waals surface area contributed by atoms with Crippen molar-refractivity contribution in [1.29, 1.82) is 0 Å². The van der Waals surface area contributed by atoms with Crippen LogP contribution in [0.5, 0.6) is 0 Å². The number of hydrogen-bond acceptors (Lipinski definition) is 2. The van der Waals surface area contributed by atoms with Crippen molar-refractivity contribution in [1.82, 2.24) is 4.90 Å². The van der Waals surface area contributed by atoms with Crippen molar-refractivity contribution >= 4 is 0 Å². The van der Waals surface area contributed by atoms with E-state index in [9.17, 15) is 13.2 Å². The number of nitrogens with zero attached hydrogens (tertiary/aromatic N) is 1. The molecular formula is C7H13F3N2. The zero-order valence-electron chi connectivity index (χ0n) is 6.93. The second-order valence-corrected chi connectivity index (χ2v) is 3.46. The van der Waals surface area contributed by atoms with Gasteiger partial charge >= 0.3 is 6.18 Å². The Morgan fingerprint density at radius 2 is 1.92 bits per heavy atom. The summed E-state index contributed by atoms with van der Waals surface area (Å²) in [6.07, 6.45) is -4.03. The van der Waals surface area contributed by atoms with Gasteiger partial charge in [0.05, 0.1) is 5.92 Å². The normalized spacial score (nSPS) is 33.8. The molecule has 1 aliphatic heterocycles. The van der Waals surface area contributed by atoms with Crippen molar-refractivity contribution in [2.45, 2.75) is 18.6 Å². The van der Waals surface area contributed by atoms with Gasteiger partial charge in [-0.1, -0.05) is 0 Å². The predicted octanol–water partition coefficient (Wildman–Crippen LogP) is 0.828. The number of likely N-dealkylation sites (N-methyl/N-ethyl adjacent to an activating group) is 1. The van der Waals surface area contributed by atoms with E-state index in [-0.39, 0.29) is 19.0 Å². The third kappa shape index (κ3) is 2.35. The standard InChI is InChI=1S/C7H13F3N2/c1-12-3-5(7(8,9)10)2-6(11)4-12/h5-6H,2-4,11H2,1H3/t5-,6-/m1/s1. The zero-order valence-corrected chi connectivity index (χ0v) is 6.93. The maximum absolute atomic E-state index is 12.2. The molecule has 0 saturated carbocycles. The largest absolute Gasteiger partial charge is 0.393 e. The van der Waals surface area contributed by atoms with Gasteiger partial charge in [0.25, 0.3) is 0 Å². The molecule has 0 bridgehead atoms. The number of piperidine rings is 1. The fraction of sp³-hybridized carbons (Fsp3) is 1.00. The summed E-state index contributed by atoms with van der Waals surface area (Å²) in [7, 11) is 1.66. The SMILES string of the molecule is CN1C[C@H](N)C[C@@H](C(F)(F)F)C1. The zero-order chi connectivity index (χ0) is 9.35. The second kappa shape index (κ2) is 3.22. The van der Waals surface area contributed by atoms with Crippen LogP contribution in [-0.4, -0.2) is 37.3 Å².